The summed E-state index contributed by atoms with van der Waals surface area (Å²) in [5.74, 6) is -0.930. The molecule has 0 radical (unpaired) electrons. The predicted octanol–water partition coefficient (Wildman–Crippen LogP) is 2.52. The SMILES string of the molecule is O=C(Nc1ccnc(Cl)c1)c1ccc(F)cn1. The molecular formula is C11H7ClFN3O. The Balaban J connectivity index is 2.14. The van der Waals surface area contributed by atoms with E-state index in [0.29, 0.717) is 5.69 Å². The van der Waals surface area contributed by atoms with Crippen molar-refractivity contribution in [3.63, 3.8) is 0 Å². The zero-order valence-corrected chi connectivity index (χ0v) is 9.28. The Morgan fingerprint density at radius 1 is 1.29 bits per heavy atom. The molecule has 0 bridgehead atoms. The molecule has 0 aliphatic heterocycles. The number of amides is 1. The van der Waals surface area contributed by atoms with Gasteiger partial charge in [-0.3, -0.25) is 4.79 Å². The highest BCUT2D eigenvalue weighted by Gasteiger charge is 2.07. The van der Waals surface area contributed by atoms with Gasteiger partial charge in [0.25, 0.3) is 5.91 Å². The van der Waals surface area contributed by atoms with Gasteiger partial charge in [0.05, 0.1) is 6.20 Å². The first-order valence-corrected chi connectivity index (χ1v) is 5.07. The van der Waals surface area contributed by atoms with Crippen molar-refractivity contribution in [3.8, 4) is 0 Å². The van der Waals surface area contributed by atoms with Gasteiger partial charge >= 0.3 is 0 Å². The Morgan fingerprint density at radius 2 is 2.12 bits per heavy atom. The summed E-state index contributed by atoms with van der Waals surface area (Å²) in [6, 6.07) is 5.56. The smallest absolute Gasteiger partial charge is 0.274 e. The number of anilines is 1. The number of rotatable bonds is 2. The van der Waals surface area contributed by atoms with Crippen LogP contribution in [0.2, 0.25) is 5.15 Å². The number of pyridine rings is 2. The second-order valence-corrected chi connectivity index (χ2v) is 3.57. The fourth-order valence-electron chi connectivity index (χ4n) is 1.19. The van der Waals surface area contributed by atoms with E-state index in [1.807, 2.05) is 0 Å². The largest absolute Gasteiger partial charge is 0.320 e. The molecule has 0 aromatic carbocycles. The second-order valence-electron chi connectivity index (χ2n) is 3.18. The Hall–Kier alpha value is -2.01. The van der Waals surface area contributed by atoms with Crippen molar-refractivity contribution in [1.29, 1.82) is 0 Å². The van der Waals surface area contributed by atoms with Crippen LogP contribution >= 0.6 is 11.6 Å². The lowest BCUT2D eigenvalue weighted by atomic mass is 10.3. The molecule has 4 nitrogen and oxygen atoms in total. The molecule has 2 heterocycles. The van der Waals surface area contributed by atoms with Crippen LogP contribution < -0.4 is 5.32 Å². The lowest BCUT2D eigenvalue weighted by Crippen LogP contribution is -2.13. The summed E-state index contributed by atoms with van der Waals surface area (Å²) < 4.78 is 12.6. The third-order valence-electron chi connectivity index (χ3n) is 1.94. The molecule has 2 aromatic heterocycles. The van der Waals surface area contributed by atoms with Crippen molar-refractivity contribution >= 4 is 23.2 Å². The average Bonchev–Trinajstić information content (AvgIpc) is 2.29. The Morgan fingerprint density at radius 3 is 2.76 bits per heavy atom. The molecule has 2 aromatic rings. The van der Waals surface area contributed by atoms with Crippen LogP contribution in [-0.4, -0.2) is 15.9 Å². The standard InChI is InChI=1S/C11H7ClFN3O/c12-10-5-8(3-4-14-10)16-11(17)9-2-1-7(13)6-15-9/h1-6H,(H,14,16,17). The molecule has 17 heavy (non-hydrogen) atoms. The average molecular weight is 252 g/mol. The van der Waals surface area contributed by atoms with Crippen LogP contribution in [0, 0.1) is 5.82 Å². The number of halogens is 2. The zero-order valence-electron chi connectivity index (χ0n) is 8.52. The number of nitrogens with one attached hydrogen (secondary N) is 1. The van der Waals surface area contributed by atoms with Crippen LogP contribution in [0.25, 0.3) is 0 Å². The van der Waals surface area contributed by atoms with Crippen molar-refractivity contribution in [2.75, 3.05) is 5.32 Å². The summed E-state index contributed by atoms with van der Waals surface area (Å²) in [7, 11) is 0. The summed E-state index contributed by atoms with van der Waals surface area (Å²) in [6.07, 6.45) is 2.45. The lowest BCUT2D eigenvalue weighted by molar-refractivity contribution is 0.102. The normalized spacial score (nSPS) is 10.0. The summed E-state index contributed by atoms with van der Waals surface area (Å²) in [6.45, 7) is 0. The molecule has 0 aliphatic carbocycles. The lowest BCUT2D eigenvalue weighted by Gasteiger charge is -2.04. The highest BCUT2D eigenvalue weighted by Crippen LogP contribution is 2.12. The number of carbonyl (C=O) groups excluding carboxylic acids is 1. The first kappa shape index (κ1) is 11.5. The zero-order chi connectivity index (χ0) is 12.3. The van der Waals surface area contributed by atoms with Gasteiger partial charge in [-0.2, -0.15) is 0 Å². The maximum atomic E-state index is 12.6. The number of hydrogen-bond acceptors (Lipinski definition) is 3. The maximum Gasteiger partial charge on any atom is 0.274 e. The van der Waals surface area contributed by atoms with Crippen molar-refractivity contribution in [3.05, 3.63) is 53.3 Å². The van der Waals surface area contributed by atoms with E-state index >= 15 is 0 Å². The van der Waals surface area contributed by atoms with Crippen LogP contribution in [0.3, 0.4) is 0 Å². The van der Waals surface area contributed by atoms with Gasteiger partial charge in [-0.15, -0.1) is 0 Å². The van der Waals surface area contributed by atoms with E-state index in [2.05, 4.69) is 15.3 Å². The fraction of sp³-hybridized carbons (Fsp3) is 0. The van der Waals surface area contributed by atoms with E-state index in [1.54, 1.807) is 6.07 Å². The Bertz CT molecular complexity index is 545. The van der Waals surface area contributed by atoms with Crippen LogP contribution in [0.15, 0.2) is 36.7 Å². The molecule has 1 N–H and O–H groups in total. The van der Waals surface area contributed by atoms with E-state index in [-0.39, 0.29) is 10.8 Å². The minimum Gasteiger partial charge on any atom is -0.320 e. The minimum atomic E-state index is -0.492. The van der Waals surface area contributed by atoms with E-state index < -0.39 is 11.7 Å². The molecule has 0 fully saturated rings. The van der Waals surface area contributed by atoms with Crippen LogP contribution in [0.1, 0.15) is 10.5 Å². The molecule has 1 amide bonds. The van der Waals surface area contributed by atoms with Gasteiger partial charge in [-0.05, 0) is 24.3 Å². The summed E-state index contributed by atoms with van der Waals surface area (Å²) >= 11 is 5.67. The van der Waals surface area contributed by atoms with Crippen LogP contribution in [-0.2, 0) is 0 Å². The van der Waals surface area contributed by atoms with Gasteiger partial charge in [0.1, 0.15) is 16.7 Å². The van der Waals surface area contributed by atoms with Gasteiger partial charge < -0.3 is 5.32 Å². The summed E-state index contributed by atoms with van der Waals surface area (Å²) in [5, 5.41) is 2.84. The number of nitrogens with zero attached hydrogens (tertiary/aromatic N) is 2. The van der Waals surface area contributed by atoms with Crippen LogP contribution in [0.5, 0.6) is 0 Å². The monoisotopic (exact) mass is 251 g/mol. The maximum absolute atomic E-state index is 12.6. The van der Waals surface area contributed by atoms with Crippen molar-refractivity contribution in [1.82, 2.24) is 9.97 Å². The van der Waals surface area contributed by atoms with Gasteiger partial charge in [0, 0.05) is 11.9 Å². The second kappa shape index (κ2) is 4.88. The highest BCUT2D eigenvalue weighted by molar-refractivity contribution is 6.29. The van der Waals surface area contributed by atoms with E-state index in [9.17, 15) is 9.18 Å². The van der Waals surface area contributed by atoms with E-state index in [0.717, 1.165) is 6.20 Å². The fourth-order valence-corrected chi connectivity index (χ4v) is 1.36. The minimum absolute atomic E-state index is 0.124. The number of aromatic nitrogens is 2. The van der Waals surface area contributed by atoms with Crippen LogP contribution in [0.4, 0.5) is 10.1 Å². The Labute approximate surface area is 101 Å². The summed E-state index contributed by atoms with van der Waals surface area (Å²) in [4.78, 5) is 19.1. The van der Waals surface area contributed by atoms with Gasteiger partial charge in [0.15, 0.2) is 0 Å². The molecule has 0 spiro atoms. The van der Waals surface area contributed by atoms with E-state index in [1.165, 1.54) is 24.4 Å². The third-order valence-corrected chi connectivity index (χ3v) is 2.15. The van der Waals surface area contributed by atoms with Crippen molar-refractivity contribution in [2.24, 2.45) is 0 Å². The van der Waals surface area contributed by atoms with Gasteiger partial charge in [0.2, 0.25) is 0 Å². The molecule has 2 rings (SSSR count). The highest BCUT2D eigenvalue weighted by atomic mass is 35.5. The molecule has 0 aliphatic rings. The Kier molecular flexibility index (Phi) is 3.30. The topological polar surface area (TPSA) is 54.9 Å². The molecule has 0 saturated carbocycles. The molecule has 0 unspecified atom stereocenters. The van der Waals surface area contributed by atoms with E-state index in [4.69, 9.17) is 11.6 Å². The molecule has 86 valence electrons. The molecule has 6 heteroatoms. The van der Waals surface area contributed by atoms with Crippen molar-refractivity contribution < 1.29 is 9.18 Å². The molecule has 0 atom stereocenters. The van der Waals surface area contributed by atoms with Gasteiger partial charge in [-0.1, -0.05) is 11.6 Å². The predicted molar refractivity (Wildman–Crippen MR) is 61.4 cm³/mol. The first-order chi connectivity index (χ1) is 8.15. The summed E-state index contributed by atoms with van der Waals surface area (Å²) in [5.41, 5.74) is 0.625. The molecular weight excluding hydrogens is 245 g/mol. The third kappa shape index (κ3) is 2.98. The number of hydrogen-bond donors (Lipinski definition) is 1. The molecule has 0 saturated heterocycles. The number of carbonyl (C=O) groups is 1. The quantitative estimate of drug-likeness (QED) is 0.835. The van der Waals surface area contributed by atoms with Crippen molar-refractivity contribution in [2.45, 2.75) is 0 Å². The first-order valence-electron chi connectivity index (χ1n) is 4.69. The van der Waals surface area contributed by atoms with Gasteiger partial charge in [-0.25, -0.2) is 14.4 Å².